The Kier molecular flexibility index (Phi) is 8.87. The van der Waals surface area contributed by atoms with Crippen LogP contribution in [0.3, 0.4) is 0 Å². The predicted molar refractivity (Wildman–Crippen MR) is 98.4 cm³/mol. The van der Waals surface area contributed by atoms with Crippen molar-refractivity contribution in [2.24, 2.45) is 11.7 Å². The number of ether oxygens (including phenoxy) is 3. The van der Waals surface area contributed by atoms with Gasteiger partial charge in [-0.2, -0.15) is 0 Å². The summed E-state index contributed by atoms with van der Waals surface area (Å²) in [5, 5.41) is 18.8. The van der Waals surface area contributed by atoms with Gasteiger partial charge in [-0.3, -0.25) is 4.79 Å². The Bertz CT molecular complexity index is 634. The number of nitrogens with two attached hydrogens (primary N) is 1. The number of phenols is 2. The second-order valence-electron chi connectivity index (χ2n) is 6.67. The molecule has 0 aliphatic heterocycles. The van der Waals surface area contributed by atoms with Gasteiger partial charge in [0.2, 0.25) is 0 Å². The van der Waals surface area contributed by atoms with Crippen molar-refractivity contribution < 1.29 is 34.0 Å². The standard InChI is InChI=1S/C19H29NO7/c1-5-11(2)10-25-19(24)27-13(4)12(3)26-18(23)15(20)8-14-6-7-16(21)17(22)9-14/h6-7,9,11-13,15,21-22H,5,8,10,20H2,1-4H3/t11?,12-,13-,15-/m0/s1. The zero-order chi connectivity index (χ0) is 20.6. The van der Waals surface area contributed by atoms with Crippen LogP contribution in [-0.4, -0.2) is 47.2 Å². The van der Waals surface area contributed by atoms with Gasteiger partial charge in [-0.15, -0.1) is 0 Å². The SMILES string of the molecule is CCC(C)COC(=O)O[C@@H](C)[C@H](C)OC(=O)[C@@H](N)Cc1ccc(O)c(O)c1. The minimum absolute atomic E-state index is 0.117. The third-order valence-electron chi connectivity index (χ3n) is 4.23. The van der Waals surface area contributed by atoms with E-state index in [9.17, 15) is 19.8 Å². The summed E-state index contributed by atoms with van der Waals surface area (Å²) in [6, 6.07) is 3.21. The van der Waals surface area contributed by atoms with Crippen LogP contribution in [0.15, 0.2) is 18.2 Å². The first kappa shape index (κ1) is 22.6. The Hall–Kier alpha value is -2.48. The molecule has 0 aromatic heterocycles. The lowest BCUT2D eigenvalue weighted by atomic mass is 10.1. The molecule has 4 N–H and O–H groups in total. The van der Waals surface area contributed by atoms with E-state index in [1.54, 1.807) is 19.9 Å². The highest BCUT2D eigenvalue weighted by atomic mass is 16.7. The minimum atomic E-state index is -0.971. The van der Waals surface area contributed by atoms with Crippen LogP contribution >= 0.6 is 0 Å². The Labute approximate surface area is 159 Å². The smallest absolute Gasteiger partial charge is 0.504 e. The van der Waals surface area contributed by atoms with Gasteiger partial charge in [-0.05, 0) is 43.9 Å². The Morgan fingerprint density at radius 3 is 2.30 bits per heavy atom. The Morgan fingerprint density at radius 1 is 1.07 bits per heavy atom. The second kappa shape index (κ2) is 10.6. The Morgan fingerprint density at radius 2 is 1.70 bits per heavy atom. The minimum Gasteiger partial charge on any atom is -0.504 e. The molecule has 0 fully saturated rings. The molecule has 0 aliphatic rings. The molecular formula is C19H29NO7. The van der Waals surface area contributed by atoms with E-state index < -0.39 is 30.4 Å². The van der Waals surface area contributed by atoms with Gasteiger partial charge in [0, 0.05) is 0 Å². The number of hydrogen-bond acceptors (Lipinski definition) is 8. The van der Waals surface area contributed by atoms with Crippen LogP contribution in [0.1, 0.15) is 39.7 Å². The maximum Gasteiger partial charge on any atom is 0.508 e. The highest BCUT2D eigenvalue weighted by Crippen LogP contribution is 2.25. The molecule has 4 atom stereocenters. The van der Waals surface area contributed by atoms with E-state index in [4.69, 9.17) is 19.9 Å². The molecule has 8 nitrogen and oxygen atoms in total. The number of hydrogen-bond donors (Lipinski definition) is 3. The van der Waals surface area contributed by atoms with Crippen LogP contribution in [0.25, 0.3) is 0 Å². The number of carbonyl (C=O) groups excluding carboxylic acids is 2. The monoisotopic (exact) mass is 383 g/mol. The molecule has 1 aromatic rings. The highest BCUT2D eigenvalue weighted by molar-refractivity contribution is 5.76. The molecule has 8 heteroatoms. The average molecular weight is 383 g/mol. The van der Waals surface area contributed by atoms with E-state index in [-0.39, 0.29) is 30.4 Å². The number of esters is 1. The lowest BCUT2D eigenvalue weighted by Crippen LogP contribution is -2.39. The third kappa shape index (κ3) is 7.74. The van der Waals surface area contributed by atoms with E-state index in [1.807, 2.05) is 13.8 Å². The van der Waals surface area contributed by atoms with Crippen molar-refractivity contribution in [1.29, 1.82) is 0 Å². The predicted octanol–water partition coefficient (Wildman–Crippen LogP) is 2.49. The molecular weight excluding hydrogens is 354 g/mol. The zero-order valence-corrected chi connectivity index (χ0v) is 16.2. The lowest BCUT2D eigenvalue weighted by Gasteiger charge is -2.22. The molecule has 0 bridgehead atoms. The molecule has 0 amide bonds. The second-order valence-corrected chi connectivity index (χ2v) is 6.67. The first-order valence-electron chi connectivity index (χ1n) is 8.94. The fourth-order valence-electron chi connectivity index (χ4n) is 2.01. The van der Waals surface area contributed by atoms with Gasteiger partial charge in [0.05, 0.1) is 6.61 Å². The molecule has 0 saturated heterocycles. The summed E-state index contributed by atoms with van der Waals surface area (Å²) in [6.07, 6.45) is -1.23. The van der Waals surface area contributed by atoms with Crippen LogP contribution < -0.4 is 5.73 Å². The fourth-order valence-corrected chi connectivity index (χ4v) is 2.01. The van der Waals surface area contributed by atoms with Crippen molar-refractivity contribution in [3.05, 3.63) is 23.8 Å². The molecule has 0 radical (unpaired) electrons. The van der Waals surface area contributed by atoms with Gasteiger partial charge in [0.25, 0.3) is 0 Å². The van der Waals surface area contributed by atoms with Crippen molar-refractivity contribution in [3.8, 4) is 11.5 Å². The van der Waals surface area contributed by atoms with Gasteiger partial charge in [-0.25, -0.2) is 4.79 Å². The molecule has 27 heavy (non-hydrogen) atoms. The van der Waals surface area contributed by atoms with Crippen molar-refractivity contribution in [3.63, 3.8) is 0 Å². The number of rotatable bonds is 9. The normalized spacial score (nSPS) is 15.3. The highest BCUT2D eigenvalue weighted by Gasteiger charge is 2.25. The molecule has 0 aliphatic carbocycles. The first-order valence-corrected chi connectivity index (χ1v) is 8.94. The van der Waals surface area contributed by atoms with Crippen LogP contribution in [0.2, 0.25) is 0 Å². The molecule has 0 heterocycles. The summed E-state index contributed by atoms with van der Waals surface area (Å²) in [5.41, 5.74) is 6.40. The number of aromatic hydroxyl groups is 2. The number of benzene rings is 1. The first-order chi connectivity index (χ1) is 12.6. The molecule has 1 unspecified atom stereocenters. The van der Waals surface area contributed by atoms with Crippen LogP contribution in [0.4, 0.5) is 4.79 Å². The van der Waals surface area contributed by atoms with Gasteiger partial charge in [0.1, 0.15) is 18.2 Å². The summed E-state index contributed by atoms with van der Waals surface area (Å²) in [5.74, 6) is -0.979. The third-order valence-corrected chi connectivity index (χ3v) is 4.23. The topological polar surface area (TPSA) is 128 Å². The lowest BCUT2D eigenvalue weighted by molar-refractivity contribution is -0.155. The Balaban J connectivity index is 2.46. The summed E-state index contributed by atoms with van der Waals surface area (Å²) >= 11 is 0. The largest absolute Gasteiger partial charge is 0.508 e. The van der Waals surface area contributed by atoms with E-state index in [2.05, 4.69) is 0 Å². The van der Waals surface area contributed by atoms with Crippen molar-refractivity contribution in [2.75, 3.05) is 6.61 Å². The van der Waals surface area contributed by atoms with Gasteiger partial charge in [-0.1, -0.05) is 26.3 Å². The fraction of sp³-hybridized carbons (Fsp3) is 0.579. The summed E-state index contributed by atoms with van der Waals surface area (Å²) in [6.45, 7) is 7.39. The van der Waals surface area contributed by atoms with E-state index in [0.29, 0.717) is 5.56 Å². The summed E-state index contributed by atoms with van der Waals surface area (Å²) < 4.78 is 15.3. The van der Waals surface area contributed by atoms with Crippen molar-refractivity contribution >= 4 is 12.1 Å². The summed E-state index contributed by atoms with van der Waals surface area (Å²) in [4.78, 5) is 23.8. The van der Waals surface area contributed by atoms with Gasteiger partial charge in [0.15, 0.2) is 11.5 Å². The average Bonchev–Trinajstić information content (AvgIpc) is 2.62. The van der Waals surface area contributed by atoms with Crippen molar-refractivity contribution in [1.82, 2.24) is 0 Å². The van der Waals surface area contributed by atoms with Gasteiger partial charge < -0.3 is 30.2 Å². The molecule has 0 saturated carbocycles. The number of phenolic OH excluding ortho intramolecular Hbond substituents is 2. The van der Waals surface area contributed by atoms with Crippen LogP contribution in [0, 0.1) is 5.92 Å². The molecule has 0 spiro atoms. The zero-order valence-electron chi connectivity index (χ0n) is 16.2. The van der Waals surface area contributed by atoms with E-state index in [1.165, 1.54) is 12.1 Å². The van der Waals surface area contributed by atoms with Gasteiger partial charge >= 0.3 is 12.1 Å². The molecule has 1 aromatic carbocycles. The maximum atomic E-state index is 12.1. The van der Waals surface area contributed by atoms with Crippen molar-refractivity contribution in [2.45, 2.75) is 58.8 Å². The van der Waals surface area contributed by atoms with Crippen LogP contribution in [0.5, 0.6) is 11.5 Å². The maximum absolute atomic E-state index is 12.1. The quantitative estimate of drug-likeness (QED) is 0.438. The van der Waals surface area contributed by atoms with Crippen LogP contribution in [-0.2, 0) is 25.4 Å². The number of carbonyl (C=O) groups is 2. The molecule has 152 valence electrons. The molecule has 1 rings (SSSR count). The van der Waals surface area contributed by atoms with E-state index >= 15 is 0 Å². The van der Waals surface area contributed by atoms with E-state index in [0.717, 1.165) is 6.42 Å². The summed E-state index contributed by atoms with van der Waals surface area (Å²) in [7, 11) is 0.